The van der Waals surface area contributed by atoms with Crippen LogP contribution >= 0.6 is 0 Å². The maximum Gasteiger partial charge on any atom is 0.393 e. The number of amides is 1. The molecule has 0 radical (unpaired) electrons. The molecule has 4 N–H and O–H groups in total. The number of hydrogen-bond donors (Lipinski definition) is 2. The summed E-state index contributed by atoms with van der Waals surface area (Å²) in [6, 6.07) is 3.52. The molecule has 15 heavy (non-hydrogen) atoms. The lowest BCUT2D eigenvalue weighted by Crippen LogP contribution is -2.16. The molecule has 0 saturated heterocycles. The molecule has 0 aliphatic heterocycles. The van der Waals surface area contributed by atoms with Gasteiger partial charge in [0.2, 0.25) is 0 Å². The van der Waals surface area contributed by atoms with Crippen LogP contribution in [-0.4, -0.2) is 12.1 Å². The van der Waals surface area contributed by atoms with Crippen molar-refractivity contribution in [1.29, 1.82) is 0 Å². The van der Waals surface area contributed by atoms with Crippen LogP contribution in [-0.2, 0) is 6.42 Å². The van der Waals surface area contributed by atoms with Crippen LogP contribution in [0, 0.1) is 0 Å². The minimum Gasteiger partial charge on any atom is -0.398 e. The van der Waals surface area contributed by atoms with E-state index in [1.54, 1.807) is 0 Å². The molecular weight excluding hydrogens is 209 g/mol. The molecular formula is C9H9F3N2O. The Balaban J connectivity index is 3.03. The second kappa shape index (κ2) is 3.80. The summed E-state index contributed by atoms with van der Waals surface area (Å²) in [6.45, 7) is 0. The zero-order chi connectivity index (χ0) is 11.6. The third kappa shape index (κ3) is 3.16. The summed E-state index contributed by atoms with van der Waals surface area (Å²) >= 11 is 0. The van der Waals surface area contributed by atoms with Crippen LogP contribution in [0.25, 0.3) is 0 Å². The zero-order valence-electron chi connectivity index (χ0n) is 7.64. The molecule has 0 saturated carbocycles. The number of carbonyl (C=O) groups is 1. The Morgan fingerprint density at radius 2 is 1.93 bits per heavy atom. The van der Waals surface area contributed by atoms with Gasteiger partial charge in [0, 0.05) is 5.69 Å². The predicted molar refractivity (Wildman–Crippen MR) is 49.1 cm³/mol. The second-order valence-electron chi connectivity index (χ2n) is 3.08. The SMILES string of the molecule is NC(=O)c1cc(CC(F)(F)F)ccc1N. The molecule has 82 valence electrons. The Morgan fingerprint density at radius 1 is 1.33 bits per heavy atom. The molecule has 0 aromatic heterocycles. The lowest BCUT2D eigenvalue weighted by Gasteiger charge is -2.08. The Hall–Kier alpha value is -1.72. The van der Waals surface area contributed by atoms with Crippen LogP contribution in [0.15, 0.2) is 18.2 Å². The predicted octanol–water partition coefficient (Wildman–Crippen LogP) is 1.47. The lowest BCUT2D eigenvalue weighted by atomic mass is 10.1. The van der Waals surface area contributed by atoms with Gasteiger partial charge in [0.1, 0.15) is 0 Å². The number of alkyl halides is 3. The van der Waals surface area contributed by atoms with Gasteiger partial charge in [-0.25, -0.2) is 0 Å². The summed E-state index contributed by atoms with van der Waals surface area (Å²) in [6.07, 6.45) is -5.42. The maximum absolute atomic E-state index is 12.0. The van der Waals surface area contributed by atoms with Crippen LogP contribution in [0.4, 0.5) is 18.9 Å². The largest absolute Gasteiger partial charge is 0.398 e. The molecule has 3 nitrogen and oxygen atoms in total. The number of rotatable bonds is 2. The smallest absolute Gasteiger partial charge is 0.393 e. The second-order valence-corrected chi connectivity index (χ2v) is 3.08. The van der Waals surface area contributed by atoms with Crippen molar-refractivity contribution in [3.8, 4) is 0 Å². The van der Waals surface area contributed by atoms with Crippen molar-refractivity contribution >= 4 is 11.6 Å². The molecule has 1 amide bonds. The van der Waals surface area contributed by atoms with Gasteiger partial charge in [-0.05, 0) is 17.7 Å². The van der Waals surface area contributed by atoms with E-state index in [9.17, 15) is 18.0 Å². The van der Waals surface area contributed by atoms with Crippen LogP contribution in [0.1, 0.15) is 15.9 Å². The first-order valence-corrected chi connectivity index (χ1v) is 4.04. The number of halogens is 3. The number of primary amides is 1. The monoisotopic (exact) mass is 218 g/mol. The fraction of sp³-hybridized carbons (Fsp3) is 0.222. The van der Waals surface area contributed by atoms with E-state index in [1.807, 2.05) is 0 Å². The van der Waals surface area contributed by atoms with Crippen molar-refractivity contribution in [2.45, 2.75) is 12.6 Å². The minimum absolute atomic E-state index is 0.0366. The number of carbonyl (C=O) groups excluding carboxylic acids is 1. The van der Waals surface area contributed by atoms with E-state index in [4.69, 9.17) is 11.5 Å². The fourth-order valence-electron chi connectivity index (χ4n) is 1.16. The summed E-state index contributed by atoms with van der Waals surface area (Å²) in [5.41, 5.74) is 10.3. The first kappa shape index (κ1) is 11.4. The molecule has 0 aliphatic carbocycles. The molecule has 1 rings (SSSR count). The van der Waals surface area contributed by atoms with Gasteiger partial charge >= 0.3 is 6.18 Å². The Morgan fingerprint density at radius 3 is 2.40 bits per heavy atom. The normalized spacial score (nSPS) is 11.4. The Labute approximate surface area is 83.9 Å². The average molecular weight is 218 g/mol. The van der Waals surface area contributed by atoms with E-state index in [1.165, 1.54) is 12.1 Å². The van der Waals surface area contributed by atoms with Crippen molar-refractivity contribution < 1.29 is 18.0 Å². The Kier molecular flexibility index (Phi) is 2.88. The Bertz CT molecular complexity index is 387. The molecule has 1 aromatic carbocycles. The minimum atomic E-state index is -4.31. The fourth-order valence-corrected chi connectivity index (χ4v) is 1.16. The quantitative estimate of drug-likeness (QED) is 0.738. The first-order valence-electron chi connectivity index (χ1n) is 4.04. The van der Waals surface area contributed by atoms with Crippen LogP contribution in [0.2, 0.25) is 0 Å². The highest BCUT2D eigenvalue weighted by Gasteiger charge is 2.27. The van der Waals surface area contributed by atoms with E-state index >= 15 is 0 Å². The maximum atomic E-state index is 12.0. The van der Waals surface area contributed by atoms with Crippen molar-refractivity contribution in [3.63, 3.8) is 0 Å². The van der Waals surface area contributed by atoms with Gasteiger partial charge in [0.05, 0.1) is 12.0 Å². The van der Waals surface area contributed by atoms with Crippen LogP contribution < -0.4 is 11.5 Å². The van der Waals surface area contributed by atoms with Gasteiger partial charge < -0.3 is 11.5 Å². The molecule has 0 fully saturated rings. The topological polar surface area (TPSA) is 69.1 Å². The summed E-state index contributed by atoms with van der Waals surface area (Å²) in [7, 11) is 0. The van der Waals surface area contributed by atoms with E-state index in [0.717, 1.165) is 6.07 Å². The van der Waals surface area contributed by atoms with Gasteiger partial charge in [-0.1, -0.05) is 6.07 Å². The molecule has 0 spiro atoms. The number of hydrogen-bond acceptors (Lipinski definition) is 2. The third-order valence-corrected chi connectivity index (χ3v) is 1.79. The molecule has 6 heteroatoms. The van der Waals surface area contributed by atoms with E-state index in [0.29, 0.717) is 0 Å². The van der Waals surface area contributed by atoms with Crippen LogP contribution in [0.3, 0.4) is 0 Å². The molecule has 0 unspecified atom stereocenters. The average Bonchev–Trinajstić information content (AvgIpc) is 2.05. The summed E-state index contributed by atoms with van der Waals surface area (Å²) < 4.78 is 36.1. The molecule has 0 aliphatic rings. The number of benzene rings is 1. The van der Waals surface area contributed by atoms with Crippen molar-refractivity contribution in [3.05, 3.63) is 29.3 Å². The highest BCUT2D eigenvalue weighted by molar-refractivity contribution is 5.98. The molecule has 0 bridgehead atoms. The van der Waals surface area contributed by atoms with Crippen molar-refractivity contribution in [2.24, 2.45) is 5.73 Å². The van der Waals surface area contributed by atoms with Gasteiger partial charge in [-0.2, -0.15) is 13.2 Å². The van der Waals surface area contributed by atoms with Crippen molar-refractivity contribution in [1.82, 2.24) is 0 Å². The lowest BCUT2D eigenvalue weighted by molar-refractivity contribution is -0.127. The van der Waals surface area contributed by atoms with E-state index < -0.39 is 18.5 Å². The standard InChI is InChI=1S/C9H9F3N2O/c10-9(11,12)4-5-1-2-7(13)6(3-5)8(14)15/h1-3H,4,13H2,(H2,14,15). The van der Waals surface area contributed by atoms with E-state index in [-0.39, 0.29) is 16.8 Å². The van der Waals surface area contributed by atoms with Gasteiger partial charge in [0.25, 0.3) is 5.91 Å². The van der Waals surface area contributed by atoms with Gasteiger partial charge in [-0.3, -0.25) is 4.79 Å². The number of nitrogen functional groups attached to an aromatic ring is 1. The van der Waals surface area contributed by atoms with Gasteiger partial charge in [-0.15, -0.1) is 0 Å². The number of nitrogens with two attached hydrogens (primary N) is 2. The first-order chi connectivity index (χ1) is 6.79. The summed E-state index contributed by atoms with van der Waals surface area (Å²) in [5, 5.41) is 0. The number of anilines is 1. The zero-order valence-corrected chi connectivity index (χ0v) is 7.64. The highest BCUT2D eigenvalue weighted by Crippen LogP contribution is 2.23. The van der Waals surface area contributed by atoms with Crippen molar-refractivity contribution in [2.75, 3.05) is 5.73 Å². The van der Waals surface area contributed by atoms with Gasteiger partial charge in [0.15, 0.2) is 0 Å². The van der Waals surface area contributed by atoms with E-state index in [2.05, 4.69) is 0 Å². The van der Waals surface area contributed by atoms with Crippen LogP contribution in [0.5, 0.6) is 0 Å². The highest BCUT2D eigenvalue weighted by atomic mass is 19.4. The summed E-state index contributed by atoms with van der Waals surface area (Å²) in [5.74, 6) is -0.837. The summed E-state index contributed by atoms with van der Waals surface area (Å²) in [4.78, 5) is 10.8. The molecule has 0 heterocycles. The third-order valence-electron chi connectivity index (χ3n) is 1.79. The molecule has 0 atom stereocenters. The molecule has 1 aromatic rings.